The molecular weight excluding hydrogens is 277 g/mol. The molecule has 2 N–H and O–H groups in total. The van der Waals surface area contributed by atoms with Crippen molar-refractivity contribution in [3.63, 3.8) is 0 Å². The SMILES string of the molecule is O=C(CNc1ccc(F)cc1)Nc1ccc([N+](=O)[O-])cc1. The molecule has 0 aliphatic carbocycles. The van der Waals surface area contributed by atoms with Gasteiger partial charge in [-0.1, -0.05) is 0 Å². The number of anilines is 2. The molecule has 0 aliphatic heterocycles. The van der Waals surface area contributed by atoms with E-state index in [1.807, 2.05) is 0 Å². The van der Waals surface area contributed by atoms with Gasteiger partial charge in [-0.2, -0.15) is 0 Å². The summed E-state index contributed by atoms with van der Waals surface area (Å²) < 4.78 is 12.7. The van der Waals surface area contributed by atoms with E-state index in [0.29, 0.717) is 11.4 Å². The van der Waals surface area contributed by atoms with Gasteiger partial charge in [-0.3, -0.25) is 14.9 Å². The molecule has 0 unspecified atom stereocenters. The molecule has 2 aromatic carbocycles. The maximum atomic E-state index is 12.7. The maximum absolute atomic E-state index is 12.7. The van der Waals surface area contributed by atoms with E-state index >= 15 is 0 Å². The molecule has 0 fully saturated rings. The number of benzene rings is 2. The Hall–Kier alpha value is -2.96. The van der Waals surface area contributed by atoms with Crippen molar-refractivity contribution < 1.29 is 14.1 Å². The Morgan fingerprint density at radius 3 is 2.19 bits per heavy atom. The number of nitrogens with one attached hydrogen (secondary N) is 2. The third-order valence-corrected chi connectivity index (χ3v) is 2.66. The molecule has 0 saturated carbocycles. The molecule has 2 rings (SSSR count). The quantitative estimate of drug-likeness (QED) is 0.654. The first-order chi connectivity index (χ1) is 10.0. The van der Waals surface area contributed by atoms with E-state index < -0.39 is 4.92 Å². The second-order valence-corrected chi connectivity index (χ2v) is 4.21. The fraction of sp³-hybridized carbons (Fsp3) is 0.0714. The highest BCUT2D eigenvalue weighted by Crippen LogP contribution is 2.15. The number of halogens is 1. The first kappa shape index (κ1) is 14.4. The summed E-state index contributed by atoms with van der Waals surface area (Å²) in [6.07, 6.45) is 0. The van der Waals surface area contributed by atoms with Gasteiger partial charge < -0.3 is 10.6 Å². The summed E-state index contributed by atoms with van der Waals surface area (Å²) in [5.74, 6) is -0.663. The number of nitro groups is 1. The normalized spacial score (nSPS) is 9.95. The van der Waals surface area contributed by atoms with Crippen LogP contribution in [0.1, 0.15) is 0 Å². The Kier molecular flexibility index (Phi) is 4.45. The zero-order chi connectivity index (χ0) is 15.2. The summed E-state index contributed by atoms with van der Waals surface area (Å²) in [5, 5.41) is 15.9. The standard InChI is InChI=1S/C14H12FN3O3/c15-10-1-3-11(4-2-10)16-9-14(19)17-12-5-7-13(8-6-12)18(20)21/h1-8,16H,9H2,(H,17,19). The first-order valence-electron chi connectivity index (χ1n) is 6.08. The van der Waals surface area contributed by atoms with Crippen LogP contribution >= 0.6 is 0 Å². The lowest BCUT2D eigenvalue weighted by Crippen LogP contribution is -2.21. The van der Waals surface area contributed by atoms with Crippen LogP contribution in [0.5, 0.6) is 0 Å². The molecule has 108 valence electrons. The Labute approximate surface area is 119 Å². The largest absolute Gasteiger partial charge is 0.376 e. The highest BCUT2D eigenvalue weighted by Gasteiger charge is 2.06. The van der Waals surface area contributed by atoms with Crippen molar-refractivity contribution in [1.29, 1.82) is 0 Å². The number of hydrogen-bond acceptors (Lipinski definition) is 4. The molecule has 0 atom stereocenters. The molecule has 6 nitrogen and oxygen atoms in total. The van der Waals surface area contributed by atoms with Crippen molar-refractivity contribution in [2.75, 3.05) is 17.2 Å². The number of hydrogen-bond donors (Lipinski definition) is 2. The lowest BCUT2D eigenvalue weighted by Gasteiger charge is -2.07. The summed E-state index contributed by atoms with van der Waals surface area (Å²) in [5.41, 5.74) is 1.04. The average Bonchev–Trinajstić information content (AvgIpc) is 2.47. The molecule has 1 amide bonds. The predicted octanol–water partition coefficient (Wildman–Crippen LogP) is 2.78. The van der Waals surface area contributed by atoms with Crippen molar-refractivity contribution in [2.45, 2.75) is 0 Å². The van der Waals surface area contributed by atoms with Crippen LogP contribution in [0.3, 0.4) is 0 Å². The number of rotatable bonds is 5. The highest BCUT2D eigenvalue weighted by atomic mass is 19.1. The minimum absolute atomic E-state index is 0.00260. The Balaban J connectivity index is 1.86. The van der Waals surface area contributed by atoms with Gasteiger partial charge in [-0.15, -0.1) is 0 Å². The molecule has 21 heavy (non-hydrogen) atoms. The monoisotopic (exact) mass is 289 g/mol. The number of non-ortho nitro benzene ring substituents is 1. The van der Waals surface area contributed by atoms with Crippen LogP contribution < -0.4 is 10.6 Å². The van der Waals surface area contributed by atoms with Crippen molar-refractivity contribution >= 4 is 23.0 Å². The Morgan fingerprint density at radius 2 is 1.62 bits per heavy atom. The van der Waals surface area contributed by atoms with E-state index in [1.54, 1.807) is 0 Å². The van der Waals surface area contributed by atoms with Crippen LogP contribution in [0.15, 0.2) is 48.5 Å². The van der Waals surface area contributed by atoms with Crippen LogP contribution in [0.2, 0.25) is 0 Å². The third kappa shape index (κ3) is 4.27. The van der Waals surface area contributed by atoms with Crippen LogP contribution in [-0.4, -0.2) is 17.4 Å². The van der Waals surface area contributed by atoms with Gasteiger partial charge in [-0.05, 0) is 36.4 Å². The second-order valence-electron chi connectivity index (χ2n) is 4.21. The van der Waals surface area contributed by atoms with Crippen molar-refractivity contribution in [2.24, 2.45) is 0 Å². The Morgan fingerprint density at radius 1 is 1.05 bits per heavy atom. The smallest absolute Gasteiger partial charge is 0.269 e. The van der Waals surface area contributed by atoms with Gasteiger partial charge in [-0.25, -0.2) is 4.39 Å². The number of carbonyl (C=O) groups is 1. The molecule has 2 aromatic rings. The molecule has 0 spiro atoms. The zero-order valence-corrected chi connectivity index (χ0v) is 10.9. The van der Waals surface area contributed by atoms with E-state index in [-0.39, 0.29) is 24.0 Å². The molecule has 0 radical (unpaired) electrons. The predicted molar refractivity (Wildman–Crippen MR) is 76.6 cm³/mol. The summed E-state index contributed by atoms with van der Waals surface area (Å²) in [7, 11) is 0. The molecular formula is C14H12FN3O3. The fourth-order valence-electron chi connectivity index (χ4n) is 1.62. The lowest BCUT2D eigenvalue weighted by atomic mass is 10.3. The minimum Gasteiger partial charge on any atom is -0.376 e. The van der Waals surface area contributed by atoms with Gasteiger partial charge in [0.2, 0.25) is 5.91 Å². The third-order valence-electron chi connectivity index (χ3n) is 2.66. The number of nitrogens with zero attached hydrogens (tertiary/aromatic N) is 1. The van der Waals surface area contributed by atoms with Crippen LogP contribution in [0.25, 0.3) is 0 Å². The molecule has 7 heteroatoms. The Bertz CT molecular complexity index is 642. The van der Waals surface area contributed by atoms with E-state index in [1.165, 1.54) is 48.5 Å². The average molecular weight is 289 g/mol. The fourth-order valence-corrected chi connectivity index (χ4v) is 1.62. The van der Waals surface area contributed by atoms with Crippen molar-refractivity contribution in [3.05, 3.63) is 64.5 Å². The minimum atomic E-state index is -0.512. The first-order valence-corrected chi connectivity index (χ1v) is 6.08. The molecule has 0 saturated heterocycles. The van der Waals surface area contributed by atoms with Crippen LogP contribution in [-0.2, 0) is 4.79 Å². The van der Waals surface area contributed by atoms with Gasteiger partial charge >= 0.3 is 0 Å². The van der Waals surface area contributed by atoms with Crippen molar-refractivity contribution in [3.8, 4) is 0 Å². The number of nitro benzene ring substituents is 1. The van der Waals surface area contributed by atoms with E-state index in [2.05, 4.69) is 10.6 Å². The summed E-state index contributed by atoms with van der Waals surface area (Å²) in [6, 6.07) is 11.1. The molecule has 0 bridgehead atoms. The maximum Gasteiger partial charge on any atom is 0.269 e. The van der Waals surface area contributed by atoms with Gasteiger partial charge in [0.05, 0.1) is 11.5 Å². The van der Waals surface area contributed by atoms with Crippen LogP contribution in [0, 0.1) is 15.9 Å². The van der Waals surface area contributed by atoms with E-state index in [0.717, 1.165) is 0 Å². The molecule has 0 aromatic heterocycles. The zero-order valence-electron chi connectivity index (χ0n) is 10.9. The number of carbonyl (C=O) groups excluding carboxylic acids is 1. The van der Waals surface area contributed by atoms with Crippen LogP contribution in [0.4, 0.5) is 21.5 Å². The topological polar surface area (TPSA) is 84.3 Å². The lowest BCUT2D eigenvalue weighted by molar-refractivity contribution is -0.384. The summed E-state index contributed by atoms with van der Waals surface area (Å²) in [6.45, 7) is 0.00260. The van der Waals surface area contributed by atoms with Crippen molar-refractivity contribution in [1.82, 2.24) is 0 Å². The summed E-state index contributed by atoms with van der Waals surface area (Å²) in [4.78, 5) is 21.7. The van der Waals surface area contributed by atoms with Gasteiger partial charge in [0.15, 0.2) is 0 Å². The van der Waals surface area contributed by atoms with Gasteiger partial charge in [0.1, 0.15) is 5.82 Å². The van der Waals surface area contributed by atoms with E-state index in [4.69, 9.17) is 0 Å². The van der Waals surface area contributed by atoms with Gasteiger partial charge in [0.25, 0.3) is 5.69 Å². The molecule has 0 heterocycles. The molecule has 0 aliphatic rings. The second kappa shape index (κ2) is 6.47. The highest BCUT2D eigenvalue weighted by molar-refractivity contribution is 5.93. The van der Waals surface area contributed by atoms with E-state index in [9.17, 15) is 19.3 Å². The summed E-state index contributed by atoms with van der Waals surface area (Å²) >= 11 is 0. The van der Waals surface area contributed by atoms with Gasteiger partial charge in [0, 0.05) is 23.5 Å². The number of amides is 1.